The zero-order valence-corrected chi connectivity index (χ0v) is 12.1. The molecule has 2 N–H and O–H groups in total. The third kappa shape index (κ3) is 4.03. The number of aliphatic hydroxyl groups is 1. The Labute approximate surface area is 124 Å². The number of phenols is 1. The Hall–Kier alpha value is -2.40. The maximum absolute atomic E-state index is 9.67. The SMILES string of the molecule is CCN(c1ccc(N=Nc2ccc(O)cc2)cc1)C(C)O. The van der Waals surface area contributed by atoms with Gasteiger partial charge in [-0.05, 0) is 62.4 Å². The monoisotopic (exact) mass is 285 g/mol. The smallest absolute Gasteiger partial charge is 0.124 e. The van der Waals surface area contributed by atoms with E-state index in [1.807, 2.05) is 36.1 Å². The molecule has 0 aromatic heterocycles. The normalized spacial score (nSPS) is 12.5. The Morgan fingerprint density at radius 2 is 1.43 bits per heavy atom. The summed E-state index contributed by atoms with van der Waals surface area (Å²) in [5, 5.41) is 27.1. The molecule has 5 nitrogen and oxygen atoms in total. The Kier molecular flexibility index (Phi) is 4.90. The minimum Gasteiger partial charge on any atom is -0.508 e. The summed E-state index contributed by atoms with van der Waals surface area (Å²) in [4.78, 5) is 1.88. The lowest BCUT2D eigenvalue weighted by molar-refractivity contribution is 0.190. The van der Waals surface area contributed by atoms with Gasteiger partial charge in [0.15, 0.2) is 0 Å². The fourth-order valence-corrected chi connectivity index (χ4v) is 2.01. The van der Waals surface area contributed by atoms with Crippen molar-refractivity contribution in [1.82, 2.24) is 0 Å². The molecule has 0 bridgehead atoms. The summed E-state index contributed by atoms with van der Waals surface area (Å²) in [6.07, 6.45) is -0.528. The molecule has 0 saturated heterocycles. The van der Waals surface area contributed by atoms with Crippen molar-refractivity contribution in [3.05, 3.63) is 48.5 Å². The first-order chi connectivity index (χ1) is 10.1. The summed E-state index contributed by atoms with van der Waals surface area (Å²) in [5.41, 5.74) is 2.35. The average molecular weight is 285 g/mol. The van der Waals surface area contributed by atoms with Crippen LogP contribution in [0.1, 0.15) is 13.8 Å². The second-order valence-corrected chi connectivity index (χ2v) is 4.65. The number of rotatable bonds is 5. The molecule has 0 heterocycles. The van der Waals surface area contributed by atoms with Gasteiger partial charge in [0, 0.05) is 12.2 Å². The number of nitrogens with zero attached hydrogens (tertiary/aromatic N) is 3. The largest absolute Gasteiger partial charge is 0.508 e. The van der Waals surface area contributed by atoms with Gasteiger partial charge in [-0.2, -0.15) is 10.2 Å². The van der Waals surface area contributed by atoms with Gasteiger partial charge in [0.1, 0.15) is 12.0 Å². The highest BCUT2D eigenvalue weighted by Gasteiger charge is 2.08. The molecular formula is C16H19N3O2. The molecule has 2 aromatic rings. The number of aliphatic hydroxyl groups excluding tert-OH is 1. The van der Waals surface area contributed by atoms with E-state index in [1.54, 1.807) is 31.2 Å². The predicted molar refractivity (Wildman–Crippen MR) is 83.4 cm³/mol. The van der Waals surface area contributed by atoms with Crippen molar-refractivity contribution < 1.29 is 10.2 Å². The second-order valence-electron chi connectivity index (χ2n) is 4.65. The Bertz CT molecular complexity index is 592. The van der Waals surface area contributed by atoms with E-state index in [1.165, 1.54) is 0 Å². The number of anilines is 1. The summed E-state index contributed by atoms with van der Waals surface area (Å²) >= 11 is 0. The molecule has 1 unspecified atom stereocenters. The van der Waals surface area contributed by atoms with Crippen LogP contribution >= 0.6 is 0 Å². The molecule has 2 rings (SSSR count). The number of azo groups is 1. The molecule has 0 saturated carbocycles. The maximum atomic E-state index is 9.67. The summed E-state index contributed by atoms with van der Waals surface area (Å²) in [6.45, 7) is 4.46. The molecule has 110 valence electrons. The van der Waals surface area contributed by atoms with Crippen LogP contribution in [0, 0.1) is 0 Å². The van der Waals surface area contributed by atoms with Gasteiger partial charge in [-0.1, -0.05) is 0 Å². The van der Waals surface area contributed by atoms with Crippen molar-refractivity contribution in [2.45, 2.75) is 20.1 Å². The van der Waals surface area contributed by atoms with Crippen molar-refractivity contribution in [3.8, 4) is 5.75 Å². The van der Waals surface area contributed by atoms with E-state index >= 15 is 0 Å². The molecular weight excluding hydrogens is 266 g/mol. The standard InChI is InChI=1S/C16H19N3O2/c1-3-19(12(2)20)15-8-4-13(5-9-15)17-18-14-6-10-16(21)11-7-14/h4-12,20-21H,3H2,1-2H3. The predicted octanol–water partition coefficient (Wildman–Crippen LogP) is 3.97. The van der Waals surface area contributed by atoms with Crippen LogP contribution in [0.4, 0.5) is 17.1 Å². The lowest BCUT2D eigenvalue weighted by Crippen LogP contribution is -2.32. The van der Waals surface area contributed by atoms with Crippen molar-refractivity contribution in [2.75, 3.05) is 11.4 Å². The van der Waals surface area contributed by atoms with Gasteiger partial charge in [-0.3, -0.25) is 0 Å². The number of aromatic hydroxyl groups is 1. The molecule has 0 radical (unpaired) electrons. The Balaban J connectivity index is 2.10. The highest BCUT2D eigenvalue weighted by molar-refractivity contribution is 5.53. The molecule has 1 atom stereocenters. The number of phenolic OH excluding ortho intramolecular Hbond substituents is 1. The van der Waals surface area contributed by atoms with Gasteiger partial charge in [-0.15, -0.1) is 0 Å². The fourth-order valence-electron chi connectivity index (χ4n) is 2.01. The molecule has 0 aliphatic rings. The van der Waals surface area contributed by atoms with E-state index in [9.17, 15) is 10.2 Å². The first-order valence-corrected chi connectivity index (χ1v) is 6.85. The summed E-state index contributed by atoms with van der Waals surface area (Å²) in [6, 6.07) is 14.0. The molecule has 5 heteroatoms. The van der Waals surface area contributed by atoms with Crippen LogP contribution in [-0.4, -0.2) is 23.0 Å². The summed E-state index contributed by atoms with van der Waals surface area (Å²) in [5.74, 6) is 0.205. The van der Waals surface area contributed by atoms with Crippen LogP contribution in [0.2, 0.25) is 0 Å². The highest BCUT2D eigenvalue weighted by atomic mass is 16.3. The Morgan fingerprint density at radius 1 is 0.952 bits per heavy atom. The first-order valence-electron chi connectivity index (χ1n) is 6.85. The molecule has 0 amide bonds. The van der Waals surface area contributed by atoms with E-state index in [-0.39, 0.29) is 5.75 Å². The number of hydrogen-bond acceptors (Lipinski definition) is 5. The number of hydrogen-bond donors (Lipinski definition) is 2. The van der Waals surface area contributed by atoms with E-state index in [2.05, 4.69) is 10.2 Å². The van der Waals surface area contributed by atoms with Crippen LogP contribution in [-0.2, 0) is 0 Å². The minimum absolute atomic E-state index is 0.205. The van der Waals surface area contributed by atoms with Crippen LogP contribution in [0.25, 0.3) is 0 Å². The quantitative estimate of drug-likeness (QED) is 0.645. The van der Waals surface area contributed by atoms with Crippen molar-refractivity contribution in [2.24, 2.45) is 10.2 Å². The fraction of sp³-hybridized carbons (Fsp3) is 0.250. The van der Waals surface area contributed by atoms with Crippen molar-refractivity contribution in [3.63, 3.8) is 0 Å². The van der Waals surface area contributed by atoms with E-state index in [0.717, 1.165) is 17.9 Å². The van der Waals surface area contributed by atoms with E-state index < -0.39 is 6.23 Å². The van der Waals surface area contributed by atoms with Crippen LogP contribution in [0.15, 0.2) is 58.8 Å². The zero-order chi connectivity index (χ0) is 15.2. The van der Waals surface area contributed by atoms with Crippen molar-refractivity contribution in [1.29, 1.82) is 0 Å². The topological polar surface area (TPSA) is 68.4 Å². The average Bonchev–Trinajstić information content (AvgIpc) is 2.48. The van der Waals surface area contributed by atoms with Crippen LogP contribution in [0.5, 0.6) is 5.75 Å². The third-order valence-corrected chi connectivity index (χ3v) is 3.10. The van der Waals surface area contributed by atoms with Gasteiger partial charge in [0.05, 0.1) is 11.4 Å². The van der Waals surface area contributed by atoms with Gasteiger partial charge >= 0.3 is 0 Å². The first kappa shape index (κ1) is 15.0. The van der Waals surface area contributed by atoms with Crippen LogP contribution in [0.3, 0.4) is 0 Å². The van der Waals surface area contributed by atoms with Gasteiger partial charge in [0.25, 0.3) is 0 Å². The lowest BCUT2D eigenvalue weighted by atomic mass is 10.2. The summed E-state index contributed by atoms with van der Waals surface area (Å²) in [7, 11) is 0. The number of benzene rings is 2. The van der Waals surface area contributed by atoms with Gasteiger partial charge < -0.3 is 15.1 Å². The molecule has 2 aromatic carbocycles. The molecule has 0 aliphatic carbocycles. The van der Waals surface area contributed by atoms with E-state index in [4.69, 9.17) is 0 Å². The highest BCUT2D eigenvalue weighted by Crippen LogP contribution is 2.23. The second kappa shape index (κ2) is 6.85. The minimum atomic E-state index is -0.528. The molecule has 0 aliphatic heterocycles. The zero-order valence-electron chi connectivity index (χ0n) is 12.1. The van der Waals surface area contributed by atoms with Crippen molar-refractivity contribution >= 4 is 17.1 Å². The van der Waals surface area contributed by atoms with E-state index in [0.29, 0.717) is 5.69 Å². The molecule has 21 heavy (non-hydrogen) atoms. The Morgan fingerprint density at radius 3 is 1.86 bits per heavy atom. The third-order valence-electron chi connectivity index (χ3n) is 3.10. The van der Waals surface area contributed by atoms with Crippen LogP contribution < -0.4 is 4.90 Å². The van der Waals surface area contributed by atoms with Gasteiger partial charge in [-0.25, -0.2) is 0 Å². The lowest BCUT2D eigenvalue weighted by Gasteiger charge is -2.26. The maximum Gasteiger partial charge on any atom is 0.124 e. The molecule has 0 fully saturated rings. The summed E-state index contributed by atoms with van der Waals surface area (Å²) < 4.78 is 0. The molecule has 0 spiro atoms. The van der Waals surface area contributed by atoms with Gasteiger partial charge in [0.2, 0.25) is 0 Å².